The first kappa shape index (κ1) is 9.03. The lowest BCUT2D eigenvalue weighted by atomic mass is 10.3. The highest BCUT2D eigenvalue weighted by molar-refractivity contribution is 5.73. The number of rotatable bonds is 1. The average Bonchev–Trinajstić information content (AvgIpc) is 2.34. The lowest BCUT2D eigenvalue weighted by Crippen LogP contribution is -2.28. The number of esters is 1. The first-order valence-corrected chi connectivity index (χ1v) is 4.02. The Hall–Kier alpha value is -1.06. The van der Waals surface area contributed by atoms with E-state index < -0.39 is 0 Å². The van der Waals surface area contributed by atoms with Gasteiger partial charge in [-0.1, -0.05) is 0 Å². The zero-order valence-electron chi connectivity index (χ0n) is 7.37. The van der Waals surface area contributed by atoms with Crippen molar-refractivity contribution in [3.05, 3.63) is 0 Å². The van der Waals surface area contributed by atoms with Crippen LogP contribution in [0.5, 0.6) is 0 Å². The lowest BCUT2D eigenvalue weighted by molar-refractivity contribution is -0.146. The molecule has 0 radical (unpaired) electrons. The Kier molecular flexibility index (Phi) is 2.68. The Labute approximate surface area is 71.5 Å². The highest BCUT2D eigenvalue weighted by Crippen LogP contribution is 2.12. The van der Waals surface area contributed by atoms with Crippen LogP contribution < -0.4 is 0 Å². The van der Waals surface area contributed by atoms with Crippen molar-refractivity contribution in [3.8, 4) is 0 Å². The van der Waals surface area contributed by atoms with E-state index in [9.17, 15) is 9.59 Å². The van der Waals surface area contributed by atoms with Gasteiger partial charge in [-0.25, -0.2) is 0 Å². The summed E-state index contributed by atoms with van der Waals surface area (Å²) in [4.78, 5) is 23.1. The Morgan fingerprint density at radius 1 is 1.42 bits per heavy atom. The quantitative estimate of drug-likeness (QED) is 0.528. The van der Waals surface area contributed by atoms with Crippen LogP contribution in [0, 0.1) is 0 Å². The van der Waals surface area contributed by atoms with Crippen LogP contribution in [-0.2, 0) is 14.3 Å². The third kappa shape index (κ3) is 2.22. The van der Waals surface area contributed by atoms with Crippen molar-refractivity contribution < 1.29 is 14.3 Å². The van der Waals surface area contributed by atoms with Crippen LogP contribution in [0.4, 0.5) is 0 Å². The lowest BCUT2D eigenvalue weighted by Gasteiger charge is -2.13. The molecular formula is C8H13NO3. The molecule has 0 N–H and O–H groups in total. The third-order valence-corrected chi connectivity index (χ3v) is 1.92. The minimum Gasteiger partial charge on any atom is -0.461 e. The third-order valence-electron chi connectivity index (χ3n) is 1.92. The molecule has 1 fully saturated rings. The fraction of sp³-hybridized carbons (Fsp3) is 0.750. The second-order valence-corrected chi connectivity index (χ2v) is 2.99. The highest BCUT2D eigenvalue weighted by Gasteiger charge is 2.25. The molecule has 4 nitrogen and oxygen atoms in total. The van der Waals surface area contributed by atoms with Gasteiger partial charge < -0.3 is 9.64 Å². The van der Waals surface area contributed by atoms with E-state index in [4.69, 9.17) is 4.74 Å². The van der Waals surface area contributed by atoms with Gasteiger partial charge in [-0.2, -0.15) is 0 Å². The van der Waals surface area contributed by atoms with Crippen molar-refractivity contribution in [2.45, 2.75) is 26.4 Å². The van der Waals surface area contributed by atoms with Crippen LogP contribution in [0.2, 0.25) is 0 Å². The summed E-state index contributed by atoms with van der Waals surface area (Å²) in [6.07, 6.45) is 0.672. The van der Waals surface area contributed by atoms with Crippen LogP contribution in [0.15, 0.2) is 0 Å². The molecule has 0 aromatic carbocycles. The summed E-state index contributed by atoms with van der Waals surface area (Å²) in [7, 11) is 0. The van der Waals surface area contributed by atoms with Crippen molar-refractivity contribution in [1.82, 2.24) is 4.90 Å². The van der Waals surface area contributed by atoms with Crippen molar-refractivity contribution in [2.24, 2.45) is 0 Å². The number of amides is 1. The van der Waals surface area contributed by atoms with Gasteiger partial charge in [-0.3, -0.25) is 9.59 Å². The molecule has 1 unspecified atom stereocenters. The predicted molar refractivity (Wildman–Crippen MR) is 42.4 cm³/mol. The number of ether oxygens (including phenoxy) is 1. The standard InChI is InChI=1S/C8H13NO3/c1-6(10)9-4-3-8(5-9)12-7(2)11/h8H,3-5H2,1-2H3. The van der Waals surface area contributed by atoms with E-state index >= 15 is 0 Å². The average molecular weight is 171 g/mol. The maximum Gasteiger partial charge on any atom is 0.302 e. The van der Waals surface area contributed by atoms with Crippen LogP contribution in [0.25, 0.3) is 0 Å². The minimum absolute atomic E-state index is 0.0460. The molecule has 4 heteroatoms. The van der Waals surface area contributed by atoms with E-state index in [1.165, 1.54) is 13.8 Å². The van der Waals surface area contributed by atoms with E-state index in [1.807, 2.05) is 0 Å². The maximum atomic E-state index is 10.9. The minimum atomic E-state index is -0.273. The fourth-order valence-corrected chi connectivity index (χ4v) is 1.35. The molecule has 1 amide bonds. The van der Waals surface area contributed by atoms with Gasteiger partial charge in [0.15, 0.2) is 0 Å². The van der Waals surface area contributed by atoms with Crippen molar-refractivity contribution in [2.75, 3.05) is 13.1 Å². The molecule has 1 aliphatic heterocycles. The van der Waals surface area contributed by atoms with Gasteiger partial charge in [0.1, 0.15) is 6.10 Å². The Balaban J connectivity index is 2.35. The van der Waals surface area contributed by atoms with Gasteiger partial charge >= 0.3 is 5.97 Å². The number of carbonyl (C=O) groups is 2. The van der Waals surface area contributed by atoms with Crippen LogP contribution in [0.3, 0.4) is 0 Å². The molecule has 0 saturated carbocycles. The molecule has 0 spiro atoms. The normalized spacial score (nSPS) is 22.5. The van der Waals surface area contributed by atoms with Gasteiger partial charge in [0.25, 0.3) is 0 Å². The zero-order chi connectivity index (χ0) is 9.14. The summed E-state index contributed by atoms with van der Waals surface area (Å²) in [5.74, 6) is -0.227. The summed E-state index contributed by atoms with van der Waals surface area (Å²) in [5, 5.41) is 0. The zero-order valence-corrected chi connectivity index (χ0v) is 7.37. The number of hydrogen-bond donors (Lipinski definition) is 0. The van der Waals surface area contributed by atoms with E-state index in [2.05, 4.69) is 0 Å². The molecule has 12 heavy (non-hydrogen) atoms. The summed E-state index contributed by atoms with van der Waals surface area (Å²) in [6.45, 7) is 4.16. The second-order valence-electron chi connectivity index (χ2n) is 2.99. The van der Waals surface area contributed by atoms with Crippen LogP contribution in [-0.4, -0.2) is 36.0 Å². The van der Waals surface area contributed by atoms with Gasteiger partial charge in [0, 0.05) is 26.8 Å². The SMILES string of the molecule is CC(=O)OC1CCN(C(C)=O)C1. The van der Waals surface area contributed by atoms with Crippen molar-refractivity contribution >= 4 is 11.9 Å². The van der Waals surface area contributed by atoms with E-state index in [-0.39, 0.29) is 18.0 Å². The number of hydrogen-bond acceptors (Lipinski definition) is 3. The largest absolute Gasteiger partial charge is 0.461 e. The first-order valence-electron chi connectivity index (χ1n) is 4.02. The number of likely N-dealkylation sites (tertiary alicyclic amines) is 1. The molecular weight excluding hydrogens is 158 g/mol. The maximum absolute atomic E-state index is 10.9. The predicted octanol–water partition coefficient (Wildman–Crippen LogP) is 0.170. The van der Waals surface area contributed by atoms with Gasteiger partial charge in [0.05, 0.1) is 6.54 Å². The molecule has 1 atom stereocenters. The topological polar surface area (TPSA) is 46.6 Å². The second kappa shape index (κ2) is 3.56. The molecule has 0 bridgehead atoms. The first-order chi connectivity index (χ1) is 5.59. The smallest absolute Gasteiger partial charge is 0.302 e. The van der Waals surface area contributed by atoms with Gasteiger partial charge in [0.2, 0.25) is 5.91 Å². The summed E-state index contributed by atoms with van der Waals surface area (Å²) < 4.78 is 4.96. The molecule has 1 heterocycles. The Morgan fingerprint density at radius 3 is 2.50 bits per heavy atom. The molecule has 0 aliphatic carbocycles. The molecule has 1 aliphatic rings. The highest BCUT2D eigenvalue weighted by atomic mass is 16.5. The number of nitrogens with zero attached hydrogens (tertiary/aromatic N) is 1. The molecule has 68 valence electrons. The van der Waals surface area contributed by atoms with Crippen molar-refractivity contribution in [3.63, 3.8) is 0 Å². The molecule has 1 saturated heterocycles. The monoisotopic (exact) mass is 171 g/mol. The molecule has 0 aromatic heterocycles. The van der Waals surface area contributed by atoms with Gasteiger partial charge in [-0.05, 0) is 0 Å². The summed E-state index contributed by atoms with van der Waals surface area (Å²) in [5.41, 5.74) is 0. The van der Waals surface area contributed by atoms with Crippen molar-refractivity contribution in [1.29, 1.82) is 0 Å². The molecule has 1 rings (SSSR count). The molecule has 0 aromatic rings. The Bertz CT molecular complexity index is 202. The van der Waals surface area contributed by atoms with Gasteiger partial charge in [-0.15, -0.1) is 0 Å². The summed E-state index contributed by atoms with van der Waals surface area (Å²) >= 11 is 0. The van der Waals surface area contributed by atoms with E-state index in [0.717, 1.165) is 6.42 Å². The Morgan fingerprint density at radius 2 is 2.08 bits per heavy atom. The van der Waals surface area contributed by atoms with E-state index in [0.29, 0.717) is 13.1 Å². The number of carbonyl (C=O) groups excluding carboxylic acids is 2. The van der Waals surface area contributed by atoms with E-state index in [1.54, 1.807) is 4.90 Å². The summed E-state index contributed by atoms with van der Waals surface area (Å²) in [6, 6.07) is 0. The van der Waals surface area contributed by atoms with Crippen LogP contribution >= 0.6 is 0 Å². The fourth-order valence-electron chi connectivity index (χ4n) is 1.35. The van der Waals surface area contributed by atoms with Crippen LogP contribution in [0.1, 0.15) is 20.3 Å².